The zero-order valence-electron chi connectivity index (χ0n) is 20.2. The third-order valence-electron chi connectivity index (χ3n) is 6.83. The summed E-state index contributed by atoms with van der Waals surface area (Å²) >= 11 is 0. The summed E-state index contributed by atoms with van der Waals surface area (Å²) < 4.78 is 0. The van der Waals surface area contributed by atoms with Gasteiger partial charge in [0.05, 0.1) is 12.0 Å². The molecular weight excluding hydrogens is 444 g/mol. The summed E-state index contributed by atoms with van der Waals surface area (Å²) in [6.07, 6.45) is 0.198. The molecule has 1 heterocycles. The van der Waals surface area contributed by atoms with Gasteiger partial charge in [-0.25, -0.2) is 0 Å². The van der Waals surface area contributed by atoms with Crippen molar-refractivity contribution in [3.8, 4) is 0 Å². The second kappa shape index (κ2) is 11.0. The number of likely N-dealkylation sites (tertiary alicyclic amines) is 1. The molecule has 0 aliphatic carbocycles. The van der Waals surface area contributed by atoms with E-state index in [-0.39, 0.29) is 30.2 Å². The van der Waals surface area contributed by atoms with Crippen LogP contribution in [0, 0.1) is 5.92 Å². The van der Waals surface area contributed by atoms with Gasteiger partial charge in [-0.1, -0.05) is 121 Å². The fourth-order valence-electron chi connectivity index (χ4n) is 5.00. The summed E-state index contributed by atoms with van der Waals surface area (Å²) in [6, 6.07) is 40.0. The first kappa shape index (κ1) is 23.6. The maximum atomic E-state index is 13.7. The van der Waals surface area contributed by atoms with Crippen molar-refractivity contribution in [1.82, 2.24) is 9.80 Å². The molecule has 4 heteroatoms. The molecule has 4 aromatic carbocycles. The van der Waals surface area contributed by atoms with Crippen molar-refractivity contribution < 1.29 is 9.59 Å². The van der Waals surface area contributed by atoms with E-state index in [0.29, 0.717) is 19.6 Å². The first-order chi connectivity index (χ1) is 17.7. The third-order valence-corrected chi connectivity index (χ3v) is 6.83. The molecule has 0 unspecified atom stereocenters. The predicted molar refractivity (Wildman–Crippen MR) is 141 cm³/mol. The van der Waals surface area contributed by atoms with Gasteiger partial charge in [0, 0.05) is 26.1 Å². The maximum absolute atomic E-state index is 13.7. The minimum atomic E-state index is -0.363. The molecule has 1 aliphatic heterocycles. The van der Waals surface area contributed by atoms with Gasteiger partial charge in [-0.3, -0.25) is 9.59 Å². The molecule has 0 aromatic heterocycles. The minimum Gasteiger partial charge on any atom is -0.334 e. The van der Waals surface area contributed by atoms with Crippen LogP contribution in [0.5, 0.6) is 0 Å². The van der Waals surface area contributed by atoms with E-state index in [0.717, 1.165) is 22.3 Å². The first-order valence-electron chi connectivity index (χ1n) is 12.4. The van der Waals surface area contributed by atoms with Crippen LogP contribution in [0.15, 0.2) is 121 Å². The van der Waals surface area contributed by atoms with Gasteiger partial charge in [-0.05, 0) is 22.3 Å². The Morgan fingerprint density at radius 2 is 1.08 bits per heavy atom. The molecule has 1 aliphatic rings. The van der Waals surface area contributed by atoms with Crippen molar-refractivity contribution in [3.05, 3.63) is 144 Å². The molecule has 4 aromatic rings. The lowest BCUT2D eigenvalue weighted by Gasteiger charge is -2.48. The molecule has 4 nitrogen and oxygen atoms in total. The summed E-state index contributed by atoms with van der Waals surface area (Å²) in [6.45, 7) is 1.57. The second-order valence-corrected chi connectivity index (χ2v) is 9.34. The van der Waals surface area contributed by atoms with E-state index in [1.807, 2.05) is 119 Å². The largest absolute Gasteiger partial charge is 0.334 e. The zero-order chi connectivity index (χ0) is 24.7. The molecule has 5 rings (SSSR count). The molecule has 180 valence electrons. The first-order valence-corrected chi connectivity index (χ1v) is 12.4. The molecular formula is C32H30N2O2. The van der Waals surface area contributed by atoms with Crippen molar-refractivity contribution >= 4 is 11.8 Å². The molecule has 2 amide bonds. The van der Waals surface area contributed by atoms with Crippen LogP contribution in [-0.4, -0.2) is 21.6 Å². The van der Waals surface area contributed by atoms with E-state index in [4.69, 9.17) is 0 Å². The standard InChI is InChI=1S/C32H30N2O2/c35-30(33(22-25-13-5-1-6-14-25)23-26-15-7-2-8-16-26)21-29-31(28-19-11-4-12-20-28)34(32(29)36)24-27-17-9-3-10-18-27/h1-20,29,31H,21-24H2/t29-,31-/m1/s1. The third kappa shape index (κ3) is 5.38. The van der Waals surface area contributed by atoms with Gasteiger partial charge in [-0.2, -0.15) is 0 Å². The summed E-state index contributed by atoms with van der Waals surface area (Å²) in [7, 11) is 0. The van der Waals surface area contributed by atoms with Crippen LogP contribution in [0.2, 0.25) is 0 Å². The summed E-state index contributed by atoms with van der Waals surface area (Å²) in [4.78, 5) is 30.9. The summed E-state index contributed by atoms with van der Waals surface area (Å²) in [5, 5.41) is 0. The van der Waals surface area contributed by atoms with Crippen LogP contribution in [-0.2, 0) is 29.2 Å². The fraction of sp³-hybridized carbons (Fsp3) is 0.188. The van der Waals surface area contributed by atoms with Crippen molar-refractivity contribution in [1.29, 1.82) is 0 Å². The van der Waals surface area contributed by atoms with E-state index in [1.165, 1.54) is 0 Å². The average Bonchev–Trinajstić information content (AvgIpc) is 2.94. The monoisotopic (exact) mass is 474 g/mol. The van der Waals surface area contributed by atoms with Crippen LogP contribution in [0.4, 0.5) is 0 Å². The van der Waals surface area contributed by atoms with Crippen LogP contribution in [0.1, 0.15) is 34.7 Å². The molecule has 1 saturated heterocycles. The molecule has 2 atom stereocenters. The van der Waals surface area contributed by atoms with Gasteiger partial charge < -0.3 is 9.80 Å². The number of benzene rings is 4. The second-order valence-electron chi connectivity index (χ2n) is 9.34. The van der Waals surface area contributed by atoms with Gasteiger partial charge in [0.1, 0.15) is 0 Å². The van der Waals surface area contributed by atoms with E-state index in [1.54, 1.807) is 0 Å². The number of nitrogens with zero attached hydrogens (tertiary/aromatic N) is 2. The van der Waals surface area contributed by atoms with Crippen molar-refractivity contribution in [2.24, 2.45) is 5.92 Å². The van der Waals surface area contributed by atoms with Crippen LogP contribution in [0.25, 0.3) is 0 Å². The molecule has 0 bridgehead atoms. The van der Waals surface area contributed by atoms with E-state index < -0.39 is 0 Å². The number of carbonyl (C=O) groups excluding carboxylic acids is 2. The topological polar surface area (TPSA) is 40.6 Å². The quantitative estimate of drug-likeness (QED) is 0.279. The Balaban J connectivity index is 1.37. The highest BCUT2D eigenvalue weighted by molar-refractivity contribution is 5.91. The van der Waals surface area contributed by atoms with E-state index in [9.17, 15) is 9.59 Å². The highest BCUT2D eigenvalue weighted by Gasteiger charge is 2.48. The Bertz CT molecular complexity index is 1240. The van der Waals surface area contributed by atoms with E-state index in [2.05, 4.69) is 12.1 Å². The lowest BCUT2D eigenvalue weighted by molar-refractivity contribution is -0.162. The Hall–Kier alpha value is -4.18. The van der Waals surface area contributed by atoms with Crippen LogP contribution >= 0.6 is 0 Å². The number of amides is 2. The Morgan fingerprint density at radius 3 is 1.58 bits per heavy atom. The van der Waals surface area contributed by atoms with Crippen molar-refractivity contribution in [3.63, 3.8) is 0 Å². The Labute approximate surface area is 212 Å². The van der Waals surface area contributed by atoms with Gasteiger partial charge >= 0.3 is 0 Å². The zero-order valence-corrected chi connectivity index (χ0v) is 20.2. The van der Waals surface area contributed by atoms with E-state index >= 15 is 0 Å². The van der Waals surface area contributed by atoms with Crippen molar-refractivity contribution in [2.75, 3.05) is 0 Å². The van der Waals surface area contributed by atoms with Gasteiger partial charge in [0.15, 0.2) is 0 Å². The number of hydrogen-bond acceptors (Lipinski definition) is 2. The van der Waals surface area contributed by atoms with Crippen LogP contribution < -0.4 is 0 Å². The highest BCUT2D eigenvalue weighted by Crippen LogP contribution is 2.43. The predicted octanol–water partition coefficient (Wildman–Crippen LogP) is 6.01. The Kier molecular flexibility index (Phi) is 7.23. The maximum Gasteiger partial charge on any atom is 0.229 e. The number of β-lactam (4-membered cyclic amide) rings is 1. The van der Waals surface area contributed by atoms with Gasteiger partial charge in [-0.15, -0.1) is 0 Å². The number of hydrogen-bond donors (Lipinski definition) is 0. The average molecular weight is 475 g/mol. The molecule has 0 spiro atoms. The summed E-state index contributed by atoms with van der Waals surface area (Å²) in [5.74, 6) is -0.320. The van der Waals surface area contributed by atoms with Crippen LogP contribution in [0.3, 0.4) is 0 Å². The van der Waals surface area contributed by atoms with Crippen molar-refractivity contribution in [2.45, 2.75) is 32.1 Å². The lowest BCUT2D eigenvalue weighted by atomic mass is 9.79. The minimum absolute atomic E-state index is 0.00125. The molecule has 0 saturated carbocycles. The summed E-state index contributed by atoms with van der Waals surface area (Å²) in [5.41, 5.74) is 4.31. The molecule has 1 fully saturated rings. The normalized spacial score (nSPS) is 16.9. The molecule has 36 heavy (non-hydrogen) atoms. The Morgan fingerprint density at radius 1 is 0.639 bits per heavy atom. The fourth-order valence-corrected chi connectivity index (χ4v) is 5.00. The molecule has 0 radical (unpaired) electrons. The van der Waals surface area contributed by atoms with Gasteiger partial charge in [0.2, 0.25) is 11.8 Å². The SMILES string of the molecule is O=C(C[C@H]1C(=O)N(Cc2ccccc2)[C@@H]1c1ccccc1)N(Cc1ccccc1)Cc1ccccc1. The molecule has 0 N–H and O–H groups in total. The number of rotatable bonds is 9. The smallest absolute Gasteiger partial charge is 0.229 e. The van der Waals surface area contributed by atoms with Gasteiger partial charge in [0.25, 0.3) is 0 Å². The number of carbonyl (C=O) groups is 2. The lowest BCUT2D eigenvalue weighted by Crippen LogP contribution is -2.55. The highest BCUT2D eigenvalue weighted by atomic mass is 16.2.